The van der Waals surface area contributed by atoms with E-state index in [1.54, 1.807) is 0 Å². The van der Waals surface area contributed by atoms with Crippen LogP contribution in [0.5, 0.6) is 0 Å². The minimum atomic E-state index is -0.666. The molecule has 0 radical (unpaired) electrons. The highest BCUT2D eigenvalue weighted by molar-refractivity contribution is 5.86. The highest BCUT2D eigenvalue weighted by atomic mass is 16.2. The average Bonchev–Trinajstić information content (AvgIpc) is 2.23. The van der Waals surface area contributed by atoms with Gasteiger partial charge in [0, 0.05) is 13.1 Å². The van der Waals surface area contributed by atoms with Crippen molar-refractivity contribution in [3.63, 3.8) is 0 Å². The van der Waals surface area contributed by atoms with E-state index in [0.29, 0.717) is 13.0 Å². The van der Waals surface area contributed by atoms with Crippen LogP contribution in [0.4, 0.5) is 4.79 Å². The largest absolute Gasteiger partial charge is 0.353 e. The van der Waals surface area contributed by atoms with E-state index in [2.05, 4.69) is 16.0 Å². The molecule has 0 aromatic heterocycles. The van der Waals surface area contributed by atoms with Crippen LogP contribution in [0.15, 0.2) is 0 Å². The van der Waals surface area contributed by atoms with Gasteiger partial charge in [0.25, 0.3) is 0 Å². The molecular weight excluding hydrogens is 208 g/mol. The fourth-order valence-corrected chi connectivity index (χ4v) is 1.30. The molecule has 5 N–H and O–H groups in total. The smallest absolute Gasteiger partial charge is 0.312 e. The minimum Gasteiger partial charge on any atom is -0.353 e. The van der Waals surface area contributed by atoms with E-state index in [9.17, 15) is 9.59 Å². The number of urea groups is 1. The standard InChI is InChI=1S/C10H22N4O2/c1-3-5-8(14-10(11)16)9(15)13-7-6-12-4-2/h8,12H,3-7H2,1-2H3,(H,13,15)(H3,11,14,16)/t8-/m1/s1. The summed E-state index contributed by atoms with van der Waals surface area (Å²) < 4.78 is 0. The van der Waals surface area contributed by atoms with Gasteiger partial charge in [-0.1, -0.05) is 20.3 Å². The molecule has 0 aliphatic rings. The Labute approximate surface area is 96.3 Å². The summed E-state index contributed by atoms with van der Waals surface area (Å²) in [5, 5.41) is 8.25. The molecule has 0 rings (SSSR count). The second-order valence-corrected chi connectivity index (χ2v) is 3.49. The molecule has 6 heteroatoms. The number of hydrogen-bond donors (Lipinski definition) is 4. The molecule has 0 bridgehead atoms. The molecule has 0 unspecified atom stereocenters. The molecule has 0 spiro atoms. The third-order valence-electron chi connectivity index (χ3n) is 2.06. The first-order valence-electron chi connectivity index (χ1n) is 5.66. The molecule has 3 amide bonds. The highest BCUT2D eigenvalue weighted by Gasteiger charge is 2.17. The SMILES string of the molecule is CCC[C@@H](NC(N)=O)C(=O)NCCNCC. The van der Waals surface area contributed by atoms with Crippen LogP contribution in [0, 0.1) is 0 Å². The van der Waals surface area contributed by atoms with E-state index in [1.807, 2.05) is 13.8 Å². The Hall–Kier alpha value is -1.30. The number of hydrogen-bond acceptors (Lipinski definition) is 3. The molecule has 1 atom stereocenters. The molecule has 94 valence electrons. The van der Waals surface area contributed by atoms with Crippen molar-refractivity contribution in [2.75, 3.05) is 19.6 Å². The Morgan fingerprint density at radius 2 is 1.94 bits per heavy atom. The lowest BCUT2D eigenvalue weighted by atomic mass is 10.1. The summed E-state index contributed by atoms with van der Waals surface area (Å²) in [4.78, 5) is 22.3. The highest BCUT2D eigenvalue weighted by Crippen LogP contribution is 1.96. The number of amides is 3. The average molecular weight is 230 g/mol. The monoisotopic (exact) mass is 230 g/mol. The van der Waals surface area contributed by atoms with Crippen molar-refractivity contribution in [2.45, 2.75) is 32.7 Å². The molecule has 0 aromatic carbocycles. The Morgan fingerprint density at radius 1 is 1.25 bits per heavy atom. The molecule has 0 saturated carbocycles. The van der Waals surface area contributed by atoms with Gasteiger partial charge >= 0.3 is 6.03 Å². The Kier molecular flexibility index (Phi) is 8.24. The van der Waals surface area contributed by atoms with Crippen LogP contribution < -0.4 is 21.7 Å². The fourth-order valence-electron chi connectivity index (χ4n) is 1.30. The van der Waals surface area contributed by atoms with Crippen LogP contribution in [-0.2, 0) is 4.79 Å². The summed E-state index contributed by atoms with van der Waals surface area (Å²) in [6.45, 7) is 6.08. The van der Waals surface area contributed by atoms with Crippen molar-refractivity contribution in [1.82, 2.24) is 16.0 Å². The zero-order chi connectivity index (χ0) is 12.4. The molecule has 0 heterocycles. The van der Waals surface area contributed by atoms with Crippen LogP contribution in [-0.4, -0.2) is 37.6 Å². The summed E-state index contributed by atoms with van der Waals surface area (Å²) in [6, 6.07) is -1.19. The Morgan fingerprint density at radius 3 is 2.44 bits per heavy atom. The topological polar surface area (TPSA) is 96.2 Å². The van der Waals surface area contributed by atoms with Gasteiger partial charge < -0.3 is 21.7 Å². The lowest BCUT2D eigenvalue weighted by Gasteiger charge is -2.16. The minimum absolute atomic E-state index is 0.182. The Bertz CT molecular complexity index is 221. The van der Waals surface area contributed by atoms with Crippen molar-refractivity contribution in [2.24, 2.45) is 5.73 Å². The first kappa shape index (κ1) is 14.7. The number of carbonyl (C=O) groups is 2. The summed E-state index contributed by atoms with van der Waals surface area (Å²) in [7, 11) is 0. The molecule has 16 heavy (non-hydrogen) atoms. The predicted octanol–water partition coefficient (Wildman–Crippen LogP) is -0.451. The van der Waals surface area contributed by atoms with Crippen molar-refractivity contribution in [3.8, 4) is 0 Å². The maximum atomic E-state index is 11.6. The maximum Gasteiger partial charge on any atom is 0.312 e. The van der Waals surface area contributed by atoms with Gasteiger partial charge in [0.15, 0.2) is 0 Å². The number of carbonyl (C=O) groups excluding carboxylic acids is 2. The van der Waals surface area contributed by atoms with Crippen LogP contribution in [0.25, 0.3) is 0 Å². The van der Waals surface area contributed by atoms with Gasteiger partial charge in [-0.2, -0.15) is 0 Å². The molecule has 0 aliphatic carbocycles. The van der Waals surface area contributed by atoms with Gasteiger partial charge in [-0.3, -0.25) is 4.79 Å². The number of rotatable bonds is 8. The third-order valence-corrected chi connectivity index (χ3v) is 2.06. The van der Waals surface area contributed by atoms with Gasteiger partial charge in [-0.05, 0) is 13.0 Å². The normalized spacial score (nSPS) is 11.9. The number of nitrogens with two attached hydrogens (primary N) is 1. The van der Waals surface area contributed by atoms with Gasteiger partial charge in [-0.25, -0.2) is 4.79 Å². The predicted molar refractivity (Wildman–Crippen MR) is 63.0 cm³/mol. The zero-order valence-corrected chi connectivity index (χ0v) is 10.0. The van der Waals surface area contributed by atoms with Crippen molar-refractivity contribution in [1.29, 1.82) is 0 Å². The van der Waals surface area contributed by atoms with E-state index in [4.69, 9.17) is 5.73 Å². The first-order valence-corrected chi connectivity index (χ1v) is 5.66. The summed E-state index contributed by atoms with van der Waals surface area (Å²) in [6.07, 6.45) is 1.40. The van der Waals surface area contributed by atoms with Crippen LogP contribution in [0.2, 0.25) is 0 Å². The van der Waals surface area contributed by atoms with Gasteiger partial charge in [0.1, 0.15) is 6.04 Å². The lowest BCUT2D eigenvalue weighted by molar-refractivity contribution is -0.123. The first-order chi connectivity index (χ1) is 7.61. The van der Waals surface area contributed by atoms with E-state index in [1.165, 1.54) is 0 Å². The fraction of sp³-hybridized carbons (Fsp3) is 0.800. The van der Waals surface area contributed by atoms with Crippen molar-refractivity contribution < 1.29 is 9.59 Å². The molecule has 6 nitrogen and oxygen atoms in total. The van der Waals surface area contributed by atoms with Crippen LogP contribution in [0.3, 0.4) is 0 Å². The molecule has 0 saturated heterocycles. The second kappa shape index (κ2) is 8.96. The van der Waals surface area contributed by atoms with Crippen molar-refractivity contribution >= 4 is 11.9 Å². The van der Waals surface area contributed by atoms with Crippen LogP contribution >= 0.6 is 0 Å². The van der Waals surface area contributed by atoms with Crippen LogP contribution in [0.1, 0.15) is 26.7 Å². The van der Waals surface area contributed by atoms with E-state index in [-0.39, 0.29) is 5.91 Å². The summed E-state index contributed by atoms with van der Waals surface area (Å²) >= 11 is 0. The summed E-state index contributed by atoms with van der Waals surface area (Å²) in [5.74, 6) is -0.182. The van der Waals surface area contributed by atoms with Crippen molar-refractivity contribution in [3.05, 3.63) is 0 Å². The summed E-state index contributed by atoms with van der Waals surface area (Å²) in [5.41, 5.74) is 5.00. The number of likely N-dealkylation sites (N-methyl/N-ethyl adjacent to an activating group) is 1. The van der Waals surface area contributed by atoms with E-state index in [0.717, 1.165) is 19.5 Å². The van der Waals surface area contributed by atoms with E-state index >= 15 is 0 Å². The Balaban J connectivity index is 3.91. The molecule has 0 aromatic rings. The van der Waals surface area contributed by atoms with E-state index < -0.39 is 12.1 Å². The molecular formula is C10H22N4O2. The number of nitrogens with one attached hydrogen (secondary N) is 3. The van der Waals surface area contributed by atoms with Gasteiger partial charge in [0.2, 0.25) is 5.91 Å². The molecule has 0 aliphatic heterocycles. The zero-order valence-electron chi connectivity index (χ0n) is 10.0. The number of primary amides is 1. The third kappa shape index (κ3) is 7.05. The van der Waals surface area contributed by atoms with Gasteiger partial charge in [0.05, 0.1) is 0 Å². The lowest BCUT2D eigenvalue weighted by Crippen LogP contribution is -2.49. The quantitative estimate of drug-likeness (QED) is 0.425. The molecule has 0 fully saturated rings. The second-order valence-electron chi connectivity index (χ2n) is 3.49. The van der Waals surface area contributed by atoms with Gasteiger partial charge in [-0.15, -0.1) is 0 Å². The maximum absolute atomic E-state index is 11.6.